The molecule has 0 spiro atoms. The minimum Gasteiger partial charge on any atom is -0.444 e. The minimum absolute atomic E-state index is 0.250. The van der Waals surface area contributed by atoms with Gasteiger partial charge in [-0.3, -0.25) is 0 Å². The lowest BCUT2D eigenvalue weighted by Gasteiger charge is -2.45. The first-order chi connectivity index (χ1) is 9.11. The van der Waals surface area contributed by atoms with Gasteiger partial charge >= 0.3 is 6.09 Å². The van der Waals surface area contributed by atoms with Gasteiger partial charge in [0.15, 0.2) is 6.29 Å². The van der Waals surface area contributed by atoms with Crippen LogP contribution in [0.2, 0.25) is 0 Å². The molecule has 0 aromatic carbocycles. The normalized spacial score (nSPS) is 34.6. The van der Waals surface area contributed by atoms with Gasteiger partial charge in [0.05, 0.1) is 12.1 Å². The van der Waals surface area contributed by atoms with Gasteiger partial charge in [-0.2, -0.15) is 0 Å². The fraction of sp³-hybridized carbons (Fsp3) is 0.923. The summed E-state index contributed by atoms with van der Waals surface area (Å²) in [5, 5.41) is 22.1. The summed E-state index contributed by atoms with van der Waals surface area (Å²) in [6, 6.07) is 0. The molecule has 0 unspecified atom stereocenters. The Labute approximate surface area is 119 Å². The van der Waals surface area contributed by atoms with Gasteiger partial charge in [-0.25, -0.2) is 4.79 Å². The fourth-order valence-electron chi connectivity index (χ4n) is 2.14. The van der Waals surface area contributed by atoms with Crippen LogP contribution in [0, 0.1) is 0 Å². The van der Waals surface area contributed by atoms with E-state index >= 15 is 0 Å². The summed E-state index contributed by atoms with van der Waals surface area (Å²) in [5.41, 5.74) is -1.64. The Kier molecular flexibility index (Phi) is 5.37. The van der Waals surface area contributed by atoms with Crippen LogP contribution in [0.4, 0.5) is 4.79 Å². The molecule has 1 rings (SSSR count). The van der Waals surface area contributed by atoms with E-state index in [1.165, 1.54) is 7.11 Å². The van der Waals surface area contributed by atoms with Gasteiger partial charge in [-0.05, 0) is 27.7 Å². The molecule has 0 aromatic heterocycles. The number of ether oxygens (including phenoxy) is 3. The van der Waals surface area contributed by atoms with Gasteiger partial charge in [-0.1, -0.05) is 0 Å². The summed E-state index contributed by atoms with van der Waals surface area (Å²) in [6.45, 7) is 6.56. The molecule has 0 aliphatic carbocycles. The number of hydrogen-bond donors (Lipinski definition) is 3. The highest BCUT2D eigenvalue weighted by atomic mass is 16.7. The highest BCUT2D eigenvalue weighted by Crippen LogP contribution is 2.30. The van der Waals surface area contributed by atoms with Crippen LogP contribution in [0.25, 0.3) is 0 Å². The third-order valence-electron chi connectivity index (χ3n) is 3.15. The summed E-state index contributed by atoms with van der Waals surface area (Å²) < 4.78 is 15.7. The second kappa shape index (κ2) is 6.26. The molecule has 1 saturated heterocycles. The van der Waals surface area contributed by atoms with Crippen molar-refractivity contribution in [3.05, 3.63) is 0 Å². The molecule has 0 bridgehead atoms. The summed E-state index contributed by atoms with van der Waals surface area (Å²) in [5.74, 6) is 0. The van der Waals surface area contributed by atoms with Gasteiger partial charge in [0.2, 0.25) is 0 Å². The zero-order valence-corrected chi connectivity index (χ0v) is 12.7. The van der Waals surface area contributed by atoms with Crippen molar-refractivity contribution in [3.63, 3.8) is 0 Å². The van der Waals surface area contributed by atoms with Crippen molar-refractivity contribution in [2.75, 3.05) is 13.7 Å². The number of carbonyl (C=O) groups excluding carboxylic acids is 1. The predicted molar refractivity (Wildman–Crippen MR) is 71.2 cm³/mol. The number of hydrogen-bond acceptors (Lipinski definition) is 6. The Balaban J connectivity index is 2.79. The van der Waals surface area contributed by atoms with Crippen molar-refractivity contribution in [1.82, 2.24) is 5.32 Å². The van der Waals surface area contributed by atoms with E-state index in [1.807, 2.05) is 0 Å². The Bertz CT molecular complexity index is 342. The van der Waals surface area contributed by atoms with E-state index in [0.29, 0.717) is 0 Å². The first-order valence-corrected chi connectivity index (χ1v) is 6.59. The van der Waals surface area contributed by atoms with E-state index < -0.39 is 35.7 Å². The maximum absolute atomic E-state index is 11.9. The van der Waals surface area contributed by atoms with Crippen LogP contribution in [-0.4, -0.2) is 59.7 Å². The monoisotopic (exact) mass is 291 g/mol. The van der Waals surface area contributed by atoms with Crippen molar-refractivity contribution in [2.45, 2.75) is 63.8 Å². The molecule has 0 radical (unpaired) electrons. The minimum atomic E-state index is -1.06. The molecule has 0 saturated carbocycles. The number of rotatable bonds is 3. The van der Waals surface area contributed by atoms with E-state index in [4.69, 9.17) is 14.2 Å². The molecule has 4 atom stereocenters. The number of nitrogens with one attached hydrogen (secondary N) is 1. The lowest BCUT2D eigenvalue weighted by Crippen LogP contribution is -2.65. The highest BCUT2D eigenvalue weighted by molar-refractivity contribution is 5.69. The maximum atomic E-state index is 11.9. The largest absolute Gasteiger partial charge is 0.444 e. The Morgan fingerprint density at radius 1 is 1.50 bits per heavy atom. The number of alkyl carbamates (subject to hydrolysis) is 1. The Morgan fingerprint density at radius 3 is 2.55 bits per heavy atom. The summed E-state index contributed by atoms with van der Waals surface area (Å²) in [6.07, 6.45) is -2.89. The van der Waals surface area contributed by atoms with Crippen molar-refractivity contribution in [3.8, 4) is 0 Å². The molecule has 1 amide bonds. The lowest BCUT2D eigenvalue weighted by molar-refractivity contribution is -0.243. The van der Waals surface area contributed by atoms with Crippen molar-refractivity contribution < 1.29 is 29.2 Å². The van der Waals surface area contributed by atoms with Crippen molar-refractivity contribution >= 4 is 6.09 Å². The SMILES string of the molecule is CO[C@@H]1C[C@](C)(NC(=O)OC(C)(C)C)[C@H](O)[C@@H](CO)O1. The summed E-state index contributed by atoms with van der Waals surface area (Å²) >= 11 is 0. The molecule has 1 heterocycles. The Morgan fingerprint density at radius 2 is 2.10 bits per heavy atom. The van der Waals surface area contributed by atoms with E-state index in [1.54, 1.807) is 27.7 Å². The molecular formula is C13H25NO6. The lowest BCUT2D eigenvalue weighted by atomic mass is 9.85. The number of aliphatic hydroxyl groups excluding tert-OH is 2. The third kappa shape index (κ3) is 4.31. The number of methoxy groups -OCH3 is 1. The van der Waals surface area contributed by atoms with Gasteiger partial charge in [0.25, 0.3) is 0 Å². The Hall–Kier alpha value is -0.890. The second-order valence-corrected chi connectivity index (χ2v) is 6.22. The van der Waals surface area contributed by atoms with Crippen LogP contribution in [0.5, 0.6) is 0 Å². The van der Waals surface area contributed by atoms with E-state index in [9.17, 15) is 15.0 Å². The van der Waals surface area contributed by atoms with E-state index in [2.05, 4.69) is 5.32 Å². The maximum Gasteiger partial charge on any atom is 0.408 e. The number of carbonyl (C=O) groups is 1. The first-order valence-electron chi connectivity index (χ1n) is 6.59. The number of aliphatic hydroxyl groups is 2. The van der Waals surface area contributed by atoms with Crippen LogP contribution < -0.4 is 5.32 Å². The van der Waals surface area contributed by atoms with Gasteiger partial charge in [-0.15, -0.1) is 0 Å². The highest BCUT2D eigenvalue weighted by Gasteiger charge is 2.47. The summed E-state index contributed by atoms with van der Waals surface area (Å²) in [4.78, 5) is 11.9. The number of amides is 1. The molecule has 0 aromatic rings. The van der Waals surface area contributed by atoms with E-state index in [-0.39, 0.29) is 13.0 Å². The van der Waals surface area contributed by atoms with Crippen LogP contribution in [0.1, 0.15) is 34.1 Å². The van der Waals surface area contributed by atoms with Crippen molar-refractivity contribution in [2.24, 2.45) is 0 Å². The molecule has 1 aliphatic rings. The first kappa shape index (κ1) is 17.2. The van der Waals surface area contributed by atoms with E-state index in [0.717, 1.165) is 0 Å². The van der Waals surface area contributed by atoms with Crippen LogP contribution >= 0.6 is 0 Å². The molecule has 20 heavy (non-hydrogen) atoms. The molecular weight excluding hydrogens is 266 g/mol. The quantitative estimate of drug-likeness (QED) is 0.696. The molecule has 7 nitrogen and oxygen atoms in total. The predicted octanol–water partition coefficient (Wildman–Crippen LogP) is 0.384. The fourth-order valence-corrected chi connectivity index (χ4v) is 2.14. The molecule has 1 aliphatic heterocycles. The molecule has 3 N–H and O–H groups in total. The average molecular weight is 291 g/mol. The second-order valence-electron chi connectivity index (χ2n) is 6.22. The van der Waals surface area contributed by atoms with Crippen LogP contribution in [-0.2, 0) is 14.2 Å². The zero-order chi connectivity index (χ0) is 15.6. The van der Waals surface area contributed by atoms with Gasteiger partial charge in [0, 0.05) is 13.5 Å². The van der Waals surface area contributed by atoms with Crippen LogP contribution in [0.3, 0.4) is 0 Å². The summed E-state index contributed by atoms with van der Waals surface area (Å²) in [7, 11) is 1.46. The van der Waals surface area contributed by atoms with Crippen molar-refractivity contribution in [1.29, 1.82) is 0 Å². The molecule has 118 valence electrons. The standard InChI is InChI=1S/C13H25NO6/c1-12(2,3)20-11(17)14-13(4)6-9(18-5)19-8(7-15)10(13)16/h8-10,15-16H,6-7H2,1-5H3,(H,14,17)/t8-,9+,10-,13+/m1/s1. The van der Waals surface area contributed by atoms with Gasteiger partial charge < -0.3 is 29.7 Å². The topological polar surface area (TPSA) is 97.3 Å². The van der Waals surface area contributed by atoms with Gasteiger partial charge in [0.1, 0.15) is 17.8 Å². The van der Waals surface area contributed by atoms with Crippen LogP contribution in [0.15, 0.2) is 0 Å². The molecule has 7 heteroatoms. The zero-order valence-electron chi connectivity index (χ0n) is 12.7. The smallest absolute Gasteiger partial charge is 0.408 e. The third-order valence-corrected chi connectivity index (χ3v) is 3.15. The average Bonchev–Trinajstić information content (AvgIpc) is 2.29. The molecule has 1 fully saturated rings.